The summed E-state index contributed by atoms with van der Waals surface area (Å²) in [7, 11) is 0. The molecule has 0 aromatic heterocycles. The van der Waals surface area contributed by atoms with E-state index in [1.54, 1.807) is 6.07 Å². The number of ether oxygens (including phenoxy) is 2. The van der Waals surface area contributed by atoms with Crippen molar-refractivity contribution in [3.8, 4) is 11.1 Å². The lowest BCUT2D eigenvalue weighted by atomic mass is 9.77. The lowest BCUT2D eigenvalue weighted by Gasteiger charge is -2.30. The van der Waals surface area contributed by atoms with Gasteiger partial charge in [-0.3, -0.25) is 0 Å². The van der Waals surface area contributed by atoms with E-state index in [4.69, 9.17) is 9.47 Å². The van der Waals surface area contributed by atoms with Crippen molar-refractivity contribution >= 4 is 0 Å². The maximum Gasteiger partial charge on any atom is 0.183 e. The molecule has 192 valence electrons. The van der Waals surface area contributed by atoms with Crippen LogP contribution in [0.15, 0.2) is 42.5 Å². The zero-order valence-electron chi connectivity index (χ0n) is 21.9. The van der Waals surface area contributed by atoms with Gasteiger partial charge in [-0.05, 0) is 61.1 Å². The van der Waals surface area contributed by atoms with E-state index in [1.165, 1.54) is 82.6 Å². The Hall–Kier alpha value is -1.71. The number of hydrogen-bond acceptors (Lipinski definition) is 2. The molecule has 1 saturated carbocycles. The first-order valence-corrected chi connectivity index (χ1v) is 14.3. The number of benzene rings is 2. The van der Waals surface area contributed by atoms with Crippen LogP contribution in [0.5, 0.6) is 0 Å². The molecule has 2 fully saturated rings. The molecule has 1 saturated heterocycles. The Morgan fingerprint density at radius 2 is 1.31 bits per heavy atom. The second-order valence-electron chi connectivity index (χ2n) is 10.9. The van der Waals surface area contributed by atoms with Crippen LogP contribution in [-0.2, 0) is 9.47 Å². The molecule has 2 aromatic rings. The fraction of sp³-hybridized carbons (Fsp3) is 0.625. The minimum Gasteiger partial charge on any atom is -0.348 e. The van der Waals surface area contributed by atoms with Gasteiger partial charge < -0.3 is 9.47 Å². The zero-order valence-corrected chi connectivity index (χ0v) is 21.9. The highest BCUT2D eigenvalue weighted by Gasteiger charge is 2.24. The van der Waals surface area contributed by atoms with E-state index in [0.717, 1.165) is 30.3 Å². The topological polar surface area (TPSA) is 18.5 Å². The predicted molar refractivity (Wildman–Crippen MR) is 143 cm³/mol. The quantitative estimate of drug-likeness (QED) is 0.298. The number of rotatable bonds is 11. The van der Waals surface area contributed by atoms with Crippen molar-refractivity contribution in [2.75, 3.05) is 13.2 Å². The highest BCUT2D eigenvalue weighted by atomic mass is 19.1. The lowest BCUT2D eigenvalue weighted by Crippen LogP contribution is -2.27. The molecule has 0 unspecified atom stereocenters. The fourth-order valence-electron chi connectivity index (χ4n) is 5.89. The molecule has 2 aromatic carbocycles. The summed E-state index contributed by atoms with van der Waals surface area (Å²) in [5, 5.41) is 0. The standard InChI is InChI=1S/C32H45FO2/c1-3-5-7-9-24-11-13-26(14-12-24)29-19-20-30(31(33)21-29)27-15-17-28(18-16-27)32-34-22-25(23-35-32)10-8-6-4-2/h15-21,24-26,32H,3-14,22-23H2,1-2H3/t24?,25-,26?,32-. The largest absolute Gasteiger partial charge is 0.348 e. The minimum absolute atomic E-state index is 0.111. The second kappa shape index (κ2) is 13.6. The summed E-state index contributed by atoms with van der Waals surface area (Å²) < 4.78 is 27.1. The summed E-state index contributed by atoms with van der Waals surface area (Å²) in [5.74, 6) is 1.78. The van der Waals surface area contributed by atoms with Crippen molar-refractivity contribution in [2.45, 2.75) is 103 Å². The average Bonchev–Trinajstić information content (AvgIpc) is 2.90. The van der Waals surface area contributed by atoms with E-state index in [1.807, 2.05) is 30.3 Å². The van der Waals surface area contributed by atoms with Crippen LogP contribution in [0, 0.1) is 17.7 Å². The predicted octanol–water partition coefficient (Wildman–Crippen LogP) is 9.59. The molecule has 2 aliphatic rings. The van der Waals surface area contributed by atoms with Gasteiger partial charge in [0, 0.05) is 17.0 Å². The molecular weight excluding hydrogens is 435 g/mol. The van der Waals surface area contributed by atoms with Crippen LogP contribution >= 0.6 is 0 Å². The van der Waals surface area contributed by atoms with Crippen LogP contribution in [-0.4, -0.2) is 13.2 Å². The average molecular weight is 481 g/mol. The van der Waals surface area contributed by atoms with Gasteiger partial charge in [-0.25, -0.2) is 4.39 Å². The van der Waals surface area contributed by atoms with Crippen LogP contribution in [0.25, 0.3) is 11.1 Å². The van der Waals surface area contributed by atoms with E-state index >= 15 is 4.39 Å². The molecule has 0 N–H and O–H groups in total. The van der Waals surface area contributed by atoms with E-state index in [0.29, 0.717) is 17.4 Å². The summed E-state index contributed by atoms with van der Waals surface area (Å²) in [6.07, 6.45) is 15.0. The Kier molecular flexibility index (Phi) is 10.2. The van der Waals surface area contributed by atoms with Crippen LogP contribution in [0.2, 0.25) is 0 Å². The Morgan fingerprint density at radius 1 is 0.714 bits per heavy atom. The monoisotopic (exact) mass is 480 g/mol. The number of hydrogen-bond donors (Lipinski definition) is 0. The molecule has 2 nitrogen and oxygen atoms in total. The molecule has 0 atom stereocenters. The number of halogens is 1. The highest BCUT2D eigenvalue weighted by Crippen LogP contribution is 2.39. The third-order valence-electron chi connectivity index (χ3n) is 8.20. The molecule has 1 aliphatic carbocycles. The van der Waals surface area contributed by atoms with Crippen molar-refractivity contribution in [1.82, 2.24) is 0 Å². The van der Waals surface area contributed by atoms with Gasteiger partial charge in [0.2, 0.25) is 0 Å². The zero-order chi connectivity index (χ0) is 24.5. The maximum absolute atomic E-state index is 15.1. The van der Waals surface area contributed by atoms with Crippen LogP contribution in [0.1, 0.15) is 114 Å². The SMILES string of the molecule is CCCCCC1CCC(c2ccc(-c3ccc([C@H]4OC[C@H](CCCCC)CO4)cc3)c(F)c2)CC1. The maximum atomic E-state index is 15.1. The Bertz CT molecular complexity index is 877. The minimum atomic E-state index is -0.309. The van der Waals surface area contributed by atoms with Crippen LogP contribution < -0.4 is 0 Å². The summed E-state index contributed by atoms with van der Waals surface area (Å²) in [6, 6.07) is 13.9. The molecule has 3 heteroatoms. The molecule has 0 radical (unpaired) electrons. The first-order valence-electron chi connectivity index (χ1n) is 14.3. The number of unbranched alkanes of at least 4 members (excludes halogenated alkanes) is 4. The lowest BCUT2D eigenvalue weighted by molar-refractivity contribution is -0.206. The Balaban J connectivity index is 1.30. The third-order valence-corrected chi connectivity index (χ3v) is 8.20. The molecule has 4 rings (SSSR count). The summed E-state index contributed by atoms with van der Waals surface area (Å²) >= 11 is 0. The first kappa shape index (κ1) is 26.4. The van der Waals surface area contributed by atoms with Crippen molar-refractivity contribution in [1.29, 1.82) is 0 Å². The van der Waals surface area contributed by atoms with Gasteiger partial charge in [-0.15, -0.1) is 0 Å². The first-order chi connectivity index (χ1) is 17.2. The van der Waals surface area contributed by atoms with Crippen molar-refractivity contribution in [3.05, 3.63) is 59.4 Å². The third kappa shape index (κ3) is 7.40. The van der Waals surface area contributed by atoms with E-state index in [-0.39, 0.29) is 12.1 Å². The molecule has 35 heavy (non-hydrogen) atoms. The summed E-state index contributed by atoms with van der Waals surface area (Å²) in [5.41, 5.74) is 3.77. The highest BCUT2D eigenvalue weighted by molar-refractivity contribution is 5.65. The Labute approximate surface area is 212 Å². The van der Waals surface area contributed by atoms with Crippen molar-refractivity contribution in [3.63, 3.8) is 0 Å². The van der Waals surface area contributed by atoms with E-state index < -0.39 is 0 Å². The molecular formula is C32H45FO2. The summed E-state index contributed by atoms with van der Waals surface area (Å²) in [4.78, 5) is 0. The fourth-order valence-corrected chi connectivity index (χ4v) is 5.89. The van der Waals surface area contributed by atoms with Crippen molar-refractivity contribution < 1.29 is 13.9 Å². The van der Waals surface area contributed by atoms with E-state index in [9.17, 15) is 0 Å². The summed E-state index contributed by atoms with van der Waals surface area (Å²) in [6.45, 7) is 6.02. The van der Waals surface area contributed by atoms with E-state index in [2.05, 4.69) is 19.9 Å². The molecule has 0 spiro atoms. The van der Waals surface area contributed by atoms with Gasteiger partial charge in [-0.2, -0.15) is 0 Å². The van der Waals surface area contributed by atoms with Gasteiger partial charge in [0.1, 0.15) is 5.82 Å². The molecule has 0 bridgehead atoms. The van der Waals surface area contributed by atoms with Gasteiger partial charge in [0.15, 0.2) is 6.29 Å². The van der Waals surface area contributed by atoms with Gasteiger partial charge in [-0.1, -0.05) is 95.2 Å². The molecule has 0 amide bonds. The molecule has 1 heterocycles. The normalized spacial score (nSPS) is 25.0. The smallest absolute Gasteiger partial charge is 0.183 e. The van der Waals surface area contributed by atoms with Gasteiger partial charge >= 0.3 is 0 Å². The molecule has 1 aliphatic heterocycles. The van der Waals surface area contributed by atoms with Gasteiger partial charge in [0.25, 0.3) is 0 Å². The second-order valence-corrected chi connectivity index (χ2v) is 10.9. The van der Waals surface area contributed by atoms with Gasteiger partial charge in [0.05, 0.1) is 13.2 Å². The van der Waals surface area contributed by atoms with Crippen LogP contribution in [0.3, 0.4) is 0 Å². The van der Waals surface area contributed by atoms with Crippen LogP contribution in [0.4, 0.5) is 4.39 Å². The Morgan fingerprint density at radius 3 is 1.91 bits per heavy atom. The van der Waals surface area contributed by atoms with Crippen molar-refractivity contribution in [2.24, 2.45) is 11.8 Å².